The molecule has 1 saturated heterocycles. The molecule has 5 nitrogen and oxygen atoms in total. The van der Waals surface area contributed by atoms with Crippen molar-refractivity contribution in [1.29, 1.82) is 0 Å². The fourth-order valence-electron chi connectivity index (χ4n) is 3.45. The van der Waals surface area contributed by atoms with Crippen LogP contribution in [0, 0.1) is 0 Å². The van der Waals surface area contributed by atoms with Gasteiger partial charge in [-0.15, -0.1) is 0 Å². The molecule has 0 bridgehead atoms. The number of anilines is 1. The van der Waals surface area contributed by atoms with E-state index in [0.717, 1.165) is 11.1 Å². The minimum atomic E-state index is -0.580. The summed E-state index contributed by atoms with van der Waals surface area (Å²) in [5.74, 6) is -0.342. The zero-order valence-electron chi connectivity index (χ0n) is 13.7. The molecule has 5 heteroatoms. The number of benzene rings is 2. The first-order valence-electron chi connectivity index (χ1n) is 8.38. The van der Waals surface area contributed by atoms with Gasteiger partial charge in [0.25, 0.3) is 5.91 Å². The highest BCUT2D eigenvalue weighted by Crippen LogP contribution is 2.29. The van der Waals surface area contributed by atoms with Crippen molar-refractivity contribution in [3.63, 3.8) is 0 Å². The second-order valence-corrected chi connectivity index (χ2v) is 6.43. The normalized spacial score (nSPS) is 22.5. The summed E-state index contributed by atoms with van der Waals surface area (Å²) < 4.78 is 0. The third-order valence-corrected chi connectivity index (χ3v) is 4.77. The summed E-state index contributed by atoms with van der Waals surface area (Å²) in [5, 5.41) is 2.85. The zero-order valence-corrected chi connectivity index (χ0v) is 13.7. The monoisotopic (exact) mass is 333 g/mol. The Morgan fingerprint density at radius 1 is 1.04 bits per heavy atom. The Balaban J connectivity index is 1.68. The predicted molar refractivity (Wildman–Crippen MR) is 97.9 cm³/mol. The third kappa shape index (κ3) is 2.83. The number of rotatable bonds is 2. The molecular weight excluding hydrogens is 314 g/mol. The molecule has 25 heavy (non-hydrogen) atoms. The number of hydrogen-bond acceptors (Lipinski definition) is 3. The van der Waals surface area contributed by atoms with Crippen LogP contribution in [0.25, 0.3) is 12.2 Å². The molecule has 0 aromatic heterocycles. The van der Waals surface area contributed by atoms with E-state index >= 15 is 0 Å². The highest BCUT2D eigenvalue weighted by atomic mass is 16.2. The summed E-state index contributed by atoms with van der Waals surface area (Å²) >= 11 is 0. The number of amides is 2. The third-order valence-electron chi connectivity index (χ3n) is 4.77. The van der Waals surface area contributed by atoms with Crippen molar-refractivity contribution in [2.45, 2.75) is 18.5 Å². The lowest BCUT2D eigenvalue weighted by Gasteiger charge is -2.22. The lowest BCUT2D eigenvalue weighted by Crippen LogP contribution is -2.48. The number of carbonyl (C=O) groups excluding carboxylic acids is 2. The van der Waals surface area contributed by atoms with E-state index in [1.807, 2.05) is 54.6 Å². The molecule has 2 aliphatic heterocycles. The standard InChI is InChI=1S/C20H19N3O2/c21-16-10-11-23-18(16)19(24)22-17-9-8-14(12-15(17)20(23)25)7-6-13-4-2-1-3-5-13/h1-9,12,16,18H,10-11,21H2,(H,22,24). The molecule has 2 aliphatic rings. The minimum absolute atomic E-state index is 0.138. The molecule has 0 radical (unpaired) electrons. The average Bonchev–Trinajstić information content (AvgIpc) is 2.98. The predicted octanol–water partition coefficient (Wildman–Crippen LogP) is 2.35. The Morgan fingerprint density at radius 2 is 1.80 bits per heavy atom. The Labute approximate surface area is 146 Å². The maximum absolute atomic E-state index is 12.9. The van der Waals surface area contributed by atoms with Gasteiger partial charge < -0.3 is 16.0 Å². The Morgan fingerprint density at radius 3 is 2.60 bits per heavy atom. The molecule has 2 amide bonds. The highest BCUT2D eigenvalue weighted by Gasteiger charge is 2.43. The Kier molecular flexibility index (Phi) is 3.86. The average molecular weight is 333 g/mol. The van der Waals surface area contributed by atoms with Crippen LogP contribution in [0.1, 0.15) is 27.9 Å². The first-order chi connectivity index (χ1) is 12.1. The molecule has 4 rings (SSSR count). The lowest BCUT2D eigenvalue weighted by atomic mass is 10.1. The summed E-state index contributed by atoms with van der Waals surface area (Å²) in [6.07, 6.45) is 4.60. The second-order valence-electron chi connectivity index (χ2n) is 6.43. The van der Waals surface area contributed by atoms with E-state index in [2.05, 4.69) is 5.32 Å². The molecule has 0 aliphatic carbocycles. The fourth-order valence-corrected chi connectivity index (χ4v) is 3.45. The summed E-state index contributed by atoms with van der Waals surface area (Å²) in [7, 11) is 0. The van der Waals surface area contributed by atoms with Gasteiger partial charge in [-0.25, -0.2) is 0 Å². The summed E-state index contributed by atoms with van der Waals surface area (Å²) in [4.78, 5) is 26.9. The van der Waals surface area contributed by atoms with Gasteiger partial charge in [-0.2, -0.15) is 0 Å². The van der Waals surface area contributed by atoms with E-state index in [9.17, 15) is 9.59 Å². The second kappa shape index (κ2) is 6.18. The molecule has 2 aromatic carbocycles. The van der Waals surface area contributed by atoms with E-state index in [1.165, 1.54) is 0 Å². The first-order valence-corrected chi connectivity index (χ1v) is 8.38. The lowest BCUT2D eigenvalue weighted by molar-refractivity contribution is -0.119. The summed E-state index contributed by atoms with van der Waals surface area (Å²) in [6, 6.07) is 14.6. The summed E-state index contributed by atoms with van der Waals surface area (Å²) in [6.45, 7) is 0.515. The molecule has 2 unspecified atom stereocenters. The van der Waals surface area contributed by atoms with Crippen molar-refractivity contribution in [2.24, 2.45) is 5.73 Å². The molecule has 2 heterocycles. The Hall–Kier alpha value is -2.92. The van der Waals surface area contributed by atoms with Gasteiger partial charge in [0.05, 0.1) is 11.3 Å². The number of nitrogens with zero attached hydrogens (tertiary/aromatic N) is 1. The van der Waals surface area contributed by atoms with Gasteiger partial charge in [-0.05, 0) is 29.7 Å². The maximum Gasteiger partial charge on any atom is 0.256 e. The fraction of sp³-hybridized carbons (Fsp3) is 0.200. The van der Waals surface area contributed by atoms with Crippen molar-refractivity contribution in [2.75, 3.05) is 11.9 Å². The van der Waals surface area contributed by atoms with Crippen molar-refractivity contribution in [3.05, 3.63) is 65.2 Å². The molecule has 126 valence electrons. The quantitative estimate of drug-likeness (QED) is 0.829. The molecular formula is C20H19N3O2. The van der Waals surface area contributed by atoms with E-state index in [1.54, 1.807) is 11.0 Å². The van der Waals surface area contributed by atoms with Crippen LogP contribution in [0.15, 0.2) is 48.5 Å². The van der Waals surface area contributed by atoms with Crippen LogP contribution >= 0.6 is 0 Å². The number of nitrogens with one attached hydrogen (secondary N) is 1. The highest BCUT2D eigenvalue weighted by molar-refractivity contribution is 6.10. The SMILES string of the molecule is NC1CCN2C(=O)c3cc(C=Cc4ccccc4)ccc3NC(=O)C12. The van der Waals surface area contributed by atoms with Crippen LogP contribution in [0.5, 0.6) is 0 Å². The molecule has 0 saturated carbocycles. The van der Waals surface area contributed by atoms with Crippen LogP contribution in [0.2, 0.25) is 0 Å². The van der Waals surface area contributed by atoms with Crippen LogP contribution in [0.4, 0.5) is 5.69 Å². The first kappa shape index (κ1) is 15.6. The van der Waals surface area contributed by atoms with E-state index in [4.69, 9.17) is 5.73 Å². The number of carbonyl (C=O) groups is 2. The number of fused-ring (bicyclic) bond motifs is 2. The van der Waals surface area contributed by atoms with Crippen LogP contribution in [-0.4, -0.2) is 35.3 Å². The largest absolute Gasteiger partial charge is 0.325 e. The topological polar surface area (TPSA) is 75.4 Å². The van der Waals surface area contributed by atoms with Crippen molar-refractivity contribution >= 4 is 29.7 Å². The smallest absolute Gasteiger partial charge is 0.256 e. The molecule has 2 aromatic rings. The minimum Gasteiger partial charge on any atom is -0.325 e. The molecule has 3 N–H and O–H groups in total. The van der Waals surface area contributed by atoms with Gasteiger partial charge in [0.1, 0.15) is 6.04 Å². The van der Waals surface area contributed by atoms with Crippen LogP contribution in [0.3, 0.4) is 0 Å². The molecule has 2 atom stereocenters. The van der Waals surface area contributed by atoms with Gasteiger partial charge in [0.2, 0.25) is 5.91 Å². The molecule has 1 fully saturated rings. The van der Waals surface area contributed by atoms with E-state index < -0.39 is 6.04 Å². The van der Waals surface area contributed by atoms with Gasteiger partial charge in [-0.1, -0.05) is 48.6 Å². The van der Waals surface area contributed by atoms with Gasteiger partial charge in [-0.3, -0.25) is 9.59 Å². The van der Waals surface area contributed by atoms with E-state index in [0.29, 0.717) is 24.2 Å². The van der Waals surface area contributed by atoms with Crippen LogP contribution < -0.4 is 11.1 Å². The van der Waals surface area contributed by atoms with Gasteiger partial charge in [0, 0.05) is 12.6 Å². The van der Waals surface area contributed by atoms with Gasteiger partial charge in [0.15, 0.2) is 0 Å². The van der Waals surface area contributed by atoms with Crippen molar-refractivity contribution in [1.82, 2.24) is 4.90 Å². The van der Waals surface area contributed by atoms with Crippen LogP contribution in [-0.2, 0) is 4.79 Å². The van der Waals surface area contributed by atoms with E-state index in [-0.39, 0.29) is 17.9 Å². The number of hydrogen-bond donors (Lipinski definition) is 2. The van der Waals surface area contributed by atoms with Crippen molar-refractivity contribution in [3.8, 4) is 0 Å². The zero-order chi connectivity index (χ0) is 17.4. The van der Waals surface area contributed by atoms with Crippen molar-refractivity contribution < 1.29 is 9.59 Å². The molecule has 0 spiro atoms. The Bertz CT molecular complexity index is 860. The summed E-state index contributed by atoms with van der Waals surface area (Å²) in [5.41, 5.74) is 9.08. The maximum atomic E-state index is 12.9. The number of nitrogens with two attached hydrogens (primary N) is 1. The van der Waals surface area contributed by atoms with Gasteiger partial charge >= 0.3 is 0 Å².